The van der Waals surface area contributed by atoms with E-state index >= 15 is 0 Å². The highest BCUT2D eigenvalue weighted by Gasteiger charge is 2.33. The van der Waals surface area contributed by atoms with Gasteiger partial charge in [-0.3, -0.25) is 9.59 Å². The van der Waals surface area contributed by atoms with Crippen molar-refractivity contribution in [1.82, 2.24) is 15.1 Å². The predicted octanol–water partition coefficient (Wildman–Crippen LogP) is 4.23. The molecule has 0 saturated carbocycles. The number of carbonyl (C=O) groups is 3. The molecule has 2 aromatic carbocycles. The van der Waals surface area contributed by atoms with Crippen LogP contribution < -0.4 is 15.4 Å². The SMILES string of the molecule is CCC(C)C(NC(=O)c1cccc(OC)c1)C(=O)N1CCN(C(=O)Nc2cccc(C(F)(F)F)c2)CC1. The molecular formula is C26H31F3N4O4. The van der Waals surface area contributed by atoms with E-state index in [1.807, 2.05) is 13.8 Å². The highest BCUT2D eigenvalue weighted by atomic mass is 19.4. The monoisotopic (exact) mass is 520 g/mol. The Morgan fingerprint density at radius 3 is 2.27 bits per heavy atom. The average molecular weight is 521 g/mol. The number of urea groups is 1. The van der Waals surface area contributed by atoms with E-state index in [0.717, 1.165) is 12.1 Å². The summed E-state index contributed by atoms with van der Waals surface area (Å²) in [6.07, 6.45) is -3.85. The molecule has 37 heavy (non-hydrogen) atoms. The number of hydrogen-bond acceptors (Lipinski definition) is 4. The summed E-state index contributed by atoms with van der Waals surface area (Å²) in [6.45, 7) is 4.68. The van der Waals surface area contributed by atoms with Crippen LogP contribution in [0.25, 0.3) is 0 Å². The zero-order chi connectivity index (χ0) is 27.2. The fraction of sp³-hybridized carbons (Fsp3) is 0.423. The van der Waals surface area contributed by atoms with Crippen molar-refractivity contribution < 1.29 is 32.3 Å². The first-order chi connectivity index (χ1) is 17.5. The molecule has 0 spiro atoms. The standard InChI is InChI=1S/C26H31F3N4O4/c1-4-17(2)22(31-23(34)18-7-5-10-21(15-18)37-3)24(35)32-11-13-33(14-12-32)25(36)30-20-9-6-8-19(16-20)26(27,28)29/h5-10,15-17,22H,4,11-14H2,1-3H3,(H,30,36)(H,31,34). The molecule has 2 aromatic rings. The number of piperazine rings is 1. The fourth-order valence-corrected chi connectivity index (χ4v) is 3.97. The molecule has 2 atom stereocenters. The smallest absolute Gasteiger partial charge is 0.416 e. The average Bonchev–Trinajstić information content (AvgIpc) is 2.90. The van der Waals surface area contributed by atoms with E-state index in [0.29, 0.717) is 17.7 Å². The van der Waals surface area contributed by atoms with Crippen molar-refractivity contribution in [2.75, 3.05) is 38.6 Å². The Bertz CT molecular complexity index is 1120. The Morgan fingerprint density at radius 2 is 1.65 bits per heavy atom. The zero-order valence-corrected chi connectivity index (χ0v) is 21.0. The van der Waals surface area contributed by atoms with Crippen molar-refractivity contribution in [2.24, 2.45) is 5.92 Å². The minimum absolute atomic E-state index is 0.0374. The van der Waals surface area contributed by atoms with Gasteiger partial charge in [-0.25, -0.2) is 4.79 Å². The van der Waals surface area contributed by atoms with Crippen LogP contribution in [0.4, 0.5) is 23.7 Å². The number of rotatable bonds is 7. The van der Waals surface area contributed by atoms with Crippen LogP contribution >= 0.6 is 0 Å². The molecule has 4 amide bonds. The van der Waals surface area contributed by atoms with Crippen molar-refractivity contribution in [1.29, 1.82) is 0 Å². The van der Waals surface area contributed by atoms with Crippen LogP contribution in [0.3, 0.4) is 0 Å². The van der Waals surface area contributed by atoms with Crippen LogP contribution in [0.5, 0.6) is 5.75 Å². The summed E-state index contributed by atoms with van der Waals surface area (Å²) >= 11 is 0. The lowest BCUT2D eigenvalue weighted by atomic mass is 9.97. The topological polar surface area (TPSA) is 91.0 Å². The number of alkyl halides is 3. The quantitative estimate of drug-likeness (QED) is 0.572. The van der Waals surface area contributed by atoms with Gasteiger partial charge in [0.25, 0.3) is 5.91 Å². The second-order valence-electron chi connectivity index (χ2n) is 8.89. The third-order valence-corrected chi connectivity index (χ3v) is 6.42. The first-order valence-corrected chi connectivity index (χ1v) is 12.0. The Balaban J connectivity index is 1.61. The fourth-order valence-electron chi connectivity index (χ4n) is 3.97. The number of nitrogens with zero attached hydrogens (tertiary/aromatic N) is 2. The number of halogens is 3. The third kappa shape index (κ3) is 7.14. The second kappa shape index (κ2) is 12.0. The van der Waals surface area contributed by atoms with Crippen molar-refractivity contribution in [3.8, 4) is 5.75 Å². The third-order valence-electron chi connectivity index (χ3n) is 6.42. The van der Waals surface area contributed by atoms with Gasteiger partial charge in [-0.2, -0.15) is 13.2 Å². The normalized spacial score (nSPS) is 15.5. The molecule has 11 heteroatoms. The molecule has 0 radical (unpaired) electrons. The molecule has 1 heterocycles. The number of hydrogen-bond donors (Lipinski definition) is 2. The molecule has 1 saturated heterocycles. The van der Waals surface area contributed by atoms with Crippen LogP contribution in [-0.2, 0) is 11.0 Å². The van der Waals surface area contributed by atoms with Gasteiger partial charge in [0.2, 0.25) is 5.91 Å². The summed E-state index contributed by atoms with van der Waals surface area (Å²) in [5, 5.41) is 5.33. The molecule has 0 aromatic heterocycles. The first-order valence-electron chi connectivity index (χ1n) is 12.0. The highest BCUT2D eigenvalue weighted by Crippen LogP contribution is 2.30. The minimum Gasteiger partial charge on any atom is -0.497 e. The number of ether oxygens (including phenoxy) is 1. The van der Waals surface area contributed by atoms with Gasteiger partial charge in [0.1, 0.15) is 11.8 Å². The van der Waals surface area contributed by atoms with Gasteiger partial charge in [-0.15, -0.1) is 0 Å². The maximum Gasteiger partial charge on any atom is 0.416 e. The first kappa shape index (κ1) is 27.8. The predicted molar refractivity (Wildman–Crippen MR) is 132 cm³/mol. The van der Waals surface area contributed by atoms with E-state index in [9.17, 15) is 27.6 Å². The molecule has 0 bridgehead atoms. The van der Waals surface area contributed by atoms with Gasteiger partial charge in [-0.05, 0) is 42.3 Å². The van der Waals surface area contributed by atoms with E-state index in [4.69, 9.17) is 4.74 Å². The lowest BCUT2D eigenvalue weighted by molar-refractivity contribution is -0.137. The lowest BCUT2D eigenvalue weighted by Gasteiger charge is -2.37. The number of methoxy groups -OCH3 is 1. The van der Waals surface area contributed by atoms with E-state index in [1.165, 1.54) is 24.1 Å². The van der Waals surface area contributed by atoms with Crippen LogP contribution in [0, 0.1) is 5.92 Å². The van der Waals surface area contributed by atoms with E-state index < -0.39 is 29.7 Å². The Labute approximate surface area is 213 Å². The second-order valence-corrected chi connectivity index (χ2v) is 8.89. The molecule has 8 nitrogen and oxygen atoms in total. The zero-order valence-electron chi connectivity index (χ0n) is 21.0. The Hall–Kier alpha value is -3.76. The number of benzene rings is 2. The highest BCUT2D eigenvalue weighted by molar-refractivity contribution is 5.98. The van der Waals surface area contributed by atoms with Gasteiger partial charge >= 0.3 is 12.2 Å². The van der Waals surface area contributed by atoms with E-state index in [1.54, 1.807) is 29.2 Å². The van der Waals surface area contributed by atoms with Crippen LogP contribution in [0.2, 0.25) is 0 Å². The molecule has 0 aliphatic carbocycles. The van der Waals surface area contributed by atoms with Crippen LogP contribution in [0.15, 0.2) is 48.5 Å². The van der Waals surface area contributed by atoms with Crippen LogP contribution in [-0.4, -0.2) is 67.0 Å². The molecule has 2 unspecified atom stereocenters. The van der Waals surface area contributed by atoms with Crippen molar-refractivity contribution >= 4 is 23.5 Å². The van der Waals surface area contributed by atoms with Crippen LogP contribution in [0.1, 0.15) is 36.2 Å². The Kier molecular flexibility index (Phi) is 9.01. The van der Waals surface area contributed by atoms with Crippen molar-refractivity contribution in [3.05, 3.63) is 59.7 Å². The molecular weight excluding hydrogens is 489 g/mol. The molecule has 1 aliphatic rings. The summed E-state index contributed by atoms with van der Waals surface area (Å²) in [5.41, 5.74) is -0.445. The van der Waals surface area contributed by atoms with Gasteiger partial charge < -0.3 is 25.2 Å². The molecule has 200 valence electrons. The summed E-state index contributed by atoms with van der Waals surface area (Å²) < 4.78 is 44.0. The van der Waals surface area contributed by atoms with E-state index in [2.05, 4.69) is 10.6 Å². The van der Waals surface area contributed by atoms with Gasteiger partial charge in [0.05, 0.1) is 12.7 Å². The number of anilines is 1. The van der Waals surface area contributed by atoms with Gasteiger partial charge in [0, 0.05) is 37.4 Å². The Morgan fingerprint density at radius 1 is 1.00 bits per heavy atom. The maximum absolute atomic E-state index is 13.3. The van der Waals surface area contributed by atoms with Gasteiger partial charge in [0.15, 0.2) is 0 Å². The summed E-state index contributed by atoms with van der Waals surface area (Å²) in [4.78, 5) is 41.9. The summed E-state index contributed by atoms with van der Waals surface area (Å²) in [5.74, 6) is -0.247. The number of carbonyl (C=O) groups excluding carboxylic acids is 3. The summed E-state index contributed by atoms with van der Waals surface area (Å²) in [6, 6.07) is 9.76. The molecule has 2 N–H and O–H groups in total. The number of nitrogens with one attached hydrogen (secondary N) is 2. The minimum atomic E-state index is -4.51. The molecule has 1 aliphatic heterocycles. The maximum atomic E-state index is 13.3. The van der Waals surface area contributed by atoms with Crippen molar-refractivity contribution in [3.63, 3.8) is 0 Å². The van der Waals surface area contributed by atoms with E-state index in [-0.39, 0.29) is 43.7 Å². The molecule has 1 fully saturated rings. The van der Waals surface area contributed by atoms with Crippen molar-refractivity contribution in [2.45, 2.75) is 32.5 Å². The summed E-state index contributed by atoms with van der Waals surface area (Å²) in [7, 11) is 1.50. The lowest BCUT2D eigenvalue weighted by Crippen LogP contribution is -2.57. The van der Waals surface area contributed by atoms with Gasteiger partial charge in [-0.1, -0.05) is 32.4 Å². The molecule has 3 rings (SSSR count). The number of amides is 4. The largest absolute Gasteiger partial charge is 0.497 e.